The summed E-state index contributed by atoms with van der Waals surface area (Å²) in [6.07, 6.45) is -3.50. The largest absolute Gasteiger partial charge is 0.425 e. The molecule has 1 heterocycles. The van der Waals surface area contributed by atoms with Crippen molar-refractivity contribution in [3.05, 3.63) is 21.9 Å². The second kappa shape index (κ2) is 5.27. The normalized spacial score (nSPS) is 10.6. The van der Waals surface area contributed by atoms with Crippen LogP contribution in [0.2, 0.25) is 0 Å². The number of rotatable bonds is 1. The highest BCUT2D eigenvalue weighted by Crippen LogP contribution is 2.34. The Balaban J connectivity index is 0.000000671. The fraction of sp³-hybridized carbons (Fsp3) is 0.556. The summed E-state index contributed by atoms with van der Waals surface area (Å²) in [6.45, 7) is 5.84. The van der Waals surface area contributed by atoms with Crippen molar-refractivity contribution < 1.29 is 13.2 Å². The summed E-state index contributed by atoms with van der Waals surface area (Å²) in [7, 11) is 0. The van der Waals surface area contributed by atoms with Crippen LogP contribution in [0.5, 0.6) is 0 Å². The quantitative estimate of drug-likeness (QED) is 0.646. The van der Waals surface area contributed by atoms with E-state index in [1.54, 1.807) is 0 Å². The van der Waals surface area contributed by atoms with Gasteiger partial charge in [-0.05, 0) is 18.6 Å². The molecule has 76 valence electrons. The maximum Gasteiger partial charge on any atom is 0.425 e. The molecule has 1 aromatic rings. The van der Waals surface area contributed by atoms with Crippen LogP contribution in [-0.4, -0.2) is 0 Å². The minimum absolute atomic E-state index is 0.505. The standard InChI is InChI=1S/C7H7F3S.C2H6/c1-2-5-3-4-6(11-5)7(8,9)10;1-2/h3-4H,2H2,1H3;1-2H3. The van der Waals surface area contributed by atoms with Crippen molar-refractivity contribution in [1.82, 2.24) is 0 Å². The highest BCUT2D eigenvalue weighted by Gasteiger charge is 2.31. The summed E-state index contributed by atoms with van der Waals surface area (Å²) in [5.74, 6) is 0. The van der Waals surface area contributed by atoms with Crippen LogP contribution in [0.4, 0.5) is 13.2 Å². The second-order valence-electron chi connectivity index (χ2n) is 2.12. The smallest absolute Gasteiger partial charge is 0.165 e. The first-order chi connectivity index (χ1) is 6.04. The van der Waals surface area contributed by atoms with Gasteiger partial charge in [-0.15, -0.1) is 11.3 Å². The van der Waals surface area contributed by atoms with E-state index in [4.69, 9.17) is 0 Å². The molecule has 0 saturated carbocycles. The number of alkyl halides is 3. The molecule has 1 rings (SSSR count). The van der Waals surface area contributed by atoms with Gasteiger partial charge in [-0.1, -0.05) is 20.8 Å². The summed E-state index contributed by atoms with van der Waals surface area (Å²) in [4.78, 5) is 0.270. The third-order valence-corrected chi connectivity index (χ3v) is 2.56. The molecule has 0 aliphatic carbocycles. The summed E-state index contributed by atoms with van der Waals surface area (Å²) < 4.78 is 35.8. The van der Waals surface area contributed by atoms with Crippen LogP contribution < -0.4 is 0 Å². The number of hydrogen-bond acceptors (Lipinski definition) is 1. The minimum atomic E-state index is -4.17. The van der Waals surface area contributed by atoms with Crippen LogP contribution in [0, 0.1) is 0 Å². The van der Waals surface area contributed by atoms with Gasteiger partial charge >= 0.3 is 6.18 Å². The first-order valence-electron chi connectivity index (χ1n) is 4.20. The monoisotopic (exact) mass is 210 g/mol. The van der Waals surface area contributed by atoms with Crippen molar-refractivity contribution in [1.29, 1.82) is 0 Å². The third kappa shape index (κ3) is 3.81. The van der Waals surface area contributed by atoms with Crippen molar-refractivity contribution in [3.63, 3.8) is 0 Å². The average molecular weight is 210 g/mol. The van der Waals surface area contributed by atoms with Gasteiger partial charge in [0.15, 0.2) is 0 Å². The number of halogens is 3. The lowest BCUT2D eigenvalue weighted by Gasteiger charge is -2.00. The molecule has 1 aromatic heterocycles. The van der Waals surface area contributed by atoms with E-state index in [0.717, 1.165) is 22.3 Å². The zero-order valence-corrected chi connectivity index (χ0v) is 8.72. The Morgan fingerprint density at radius 1 is 1.23 bits per heavy atom. The van der Waals surface area contributed by atoms with Gasteiger partial charge in [-0.2, -0.15) is 13.2 Å². The molecule has 0 radical (unpaired) electrons. The van der Waals surface area contributed by atoms with Crippen LogP contribution in [0.15, 0.2) is 12.1 Å². The molecule has 0 aromatic carbocycles. The van der Waals surface area contributed by atoms with Crippen molar-refractivity contribution in [2.24, 2.45) is 0 Å². The SMILES string of the molecule is CC.CCc1ccc(C(F)(F)F)s1. The Morgan fingerprint density at radius 3 is 2.00 bits per heavy atom. The lowest BCUT2D eigenvalue weighted by molar-refractivity contribution is -0.134. The first kappa shape index (κ1) is 12.5. The van der Waals surface area contributed by atoms with E-state index >= 15 is 0 Å². The molecule has 0 N–H and O–H groups in total. The van der Waals surface area contributed by atoms with Crippen LogP contribution in [0.25, 0.3) is 0 Å². The molecule has 0 saturated heterocycles. The Labute approximate surface area is 80.4 Å². The molecular weight excluding hydrogens is 197 g/mol. The van der Waals surface area contributed by atoms with Gasteiger partial charge in [0.05, 0.1) is 0 Å². The van der Waals surface area contributed by atoms with Gasteiger partial charge in [0, 0.05) is 4.88 Å². The highest BCUT2D eigenvalue weighted by molar-refractivity contribution is 7.12. The van der Waals surface area contributed by atoms with Crippen LogP contribution >= 0.6 is 11.3 Å². The Bertz CT molecular complexity index is 237. The molecule has 4 heteroatoms. The number of thiophene rings is 1. The second-order valence-corrected chi connectivity index (χ2v) is 3.29. The summed E-state index contributed by atoms with van der Waals surface area (Å²) in [5, 5.41) is 0. The molecule has 0 aliphatic rings. The molecule has 0 aliphatic heterocycles. The van der Waals surface area contributed by atoms with E-state index < -0.39 is 11.1 Å². The molecule has 0 bridgehead atoms. The maximum absolute atomic E-state index is 11.9. The highest BCUT2D eigenvalue weighted by atomic mass is 32.1. The molecule has 13 heavy (non-hydrogen) atoms. The van der Waals surface area contributed by atoms with E-state index in [1.165, 1.54) is 6.07 Å². The molecule has 0 spiro atoms. The molecular formula is C9H13F3S. The van der Waals surface area contributed by atoms with Gasteiger partial charge in [0.25, 0.3) is 0 Å². The average Bonchev–Trinajstić information content (AvgIpc) is 2.54. The van der Waals surface area contributed by atoms with Crippen LogP contribution in [-0.2, 0) is 12.6 Å². The molecule has 0 unspecified atom stereocenters. The topological polar surface area (TPSA) is 0 Å². The summed E-state index contributed by atoms with van der Waals surface area (Å²) >= 11 is 0.815. The van der Waals surface area contributed by atoms with E-state index in [0.29, 0.717) is 6.42 Å². The lowest BCUT2D eigenvalue weighted by Crippen LogP contribution is -2.00. The van der Waals surface area contributed by atoms with E-state index in [2.05, 4.69) is 0 Å². The minimum Gasteiger partial charge on any atom is -0.165 e. The Kier molecular flexibility index (Phi) is 5.06. The predicted octanol–water partition coefficient (Wildman–Crippen LogP) is 4.36. The third-order valence-electron chi connectivity index (χ3n) is 1.29. The van der Waals surface area contributed by atoms with E-state index in [9.17, 15) is 13.2 Å². The van der Waals surface area contributed by atoms with Gasteiger partial charge in [0.2, 0.25) is 0 Å². The van der Waals surface area contributed by atoms with Gasteiger partial charge < -0.3 is 0 Å². The maximum atomic E-state index is 11.9. The van der Waals surface area contributed by atoms with Crippen molar-refractivity contribution in [3.8, 4) is 0 Å². The van der Waals surface area contributed by atoms with E-state index in [1.807, 2.05) is 20.8 Å². The van der Waals surface area contributed by atoms with E-state index in [-0.39, 0.29) is 0 Å². The molecule has 0 nitrogen and oxygen atoms in total. The van der Waals surface area contributed by atoms with Gasteiger partial charge in [-0.3, -0.25) is 0 Å². The molecule has 0 amide bonds. The van der Waals surface area contributed by atoms with Gasteiger partial charge in [0.1, 0.15) is 4.88 Å². The lowest BCUT2D eigenvalue weighted by atomic mass is 10.4. The van der Waals surface area contributed by atoms with Crippen molar-refractivity contribution in [2.45, 2.75) is 33.4 Å². The molecule has 0 fully saturated rings. The van der Waals surface area contributed by atoms with Gasteiger partial charge in [-0.25, -0.2) is 0 Å². The zero-order chi connectivity index (χ0) is 10.5. The Hall–Kier alpha value is -0.510. The zero-order valence-electron chi connectivity index (χ0n) is 7.90. The van der Waals surface area contributed by atoms with Crippen molar-refractivity contribution >= 4 is 11.3 Å². The number of hydrogen-bond donors (Lipinski definition) is 0. The summed E-state index contributed by atoms with van der Waals surface area (Å²) in [6, 6.07) is 2.65. The van der Waals surface area contributed by atoms with Crippen molar-refractivity contribution in [2.75, 3.05) is 0 Å². The predicted molar refractivity (Wildman–Crippen MR) is 50.0 cm³/mol. The molecule has 0 atom stereocenters. The Morgan fingerprint density at radius 2 is 1.77 bits per heavy atom. The number of aryl methyl sites for hydroxylation is 1. The summed E-state index contributed by atoms with van der Waals surface area (Å²) in [5.41, 5.74) is 0. The van der Waals surface area contributed by atoms with Crippen LogP contribution in [0.3, 0.4) is 0 Å². The fourth-order valence-corrected chi connectivity index (χ4v) is 1.53. The van der Waals surface area contributed by atoms with Crippen LogP contribution in [0.1, 0.15) is 30.5 Å². The first-order valence-corrected chi connectivity index (χ1v) is 5.01. The fourth-order valence-electron chi connectivity index (χ4n) is 0.720.